The van der Waals surface area contributed by atoms with Crippen LogP contribution < -0.4 is 0 Å². The van der Waals surface area contributed by atoms with Crippen molar-refractivity contribution in [3.05, 3.63) is 72.2 Å². The maximum atomic E-state index is 13.1. The van der Waals surface area contributed by atoms with Crippen LogP contribution in [0.15, 0.2) is 60.8 Å². The molecule has 2 aromatic heterocycles. The van der Waals surface area contributed by atoms with Gasteiger partial charge in [0.15, 0.2) is 0 Å². The first-order valence-electron chi connectivity index (χ1n) is 9.37. The summed E-state index contributed by atoms with van der Waals surface area (Å²) in [6.07, 6.45) is 3.58. The van der Waals surface area contributed by atoms with Crippen LogP contribution in [0.3, 0.4) is 0 Å². The Morgan fingerprint density at radius 3 is 2.67 bits per heavy atom. The number of carbonyl (C=O) groups is 1. The number of imidazole rings is 1. The molecule has 2 aromatic carbocycles. The summed E-state index contributed by atoms with van der Waals surface area (Å²) in [7, 11) is 0. The zero-order valence-corrected chi connectivity index (χ0v) is 14.9. The first kappa shape index (κ1) is 16.0. The van der Waals surface area contributed by atoms with E-state index in [0.29, 0.717) is 11.5 Å². The molecular weight excluding hydrogens is 336 g/mol. The van der Waals surface area contributed by atoms with E-state index in [0.717, 1.165) is 53.7 Å². The Labute approximate surface area is 157 Å². The maximum absolute atomic E-state index is 13.1. The molecule has 5 nitrogen and oxygen atoms in total. The number of hydrogen-bond acceptors (Lipinski definition) is 3. The number of hydrogen-bond donors (Lipinski definition) is 1. The number of benzene rings is 2. The lowest BCUT2D eigenvalue weighted by Crippen LogP contribution is -2.38. The summed E-state index contributed by atoms with van der Waals surface area (Å²) in [5.74, 6) is 1.48. The molecule has 1 N–H and O–H groups in total. The monoisotopic (exact) mass is 356 g/mol. The van der Waals surface area contributed by atoms with E-state index < -0.39 is 0 Å². The van der Waals surface area contributed by atoms with E-state index in [9.17, 15) is 4.79 Å². The largest absolute Gasteiger partial charge is 0.342 e. The first-order chi connectivity index (χ1) is 13.3. The second kappa shape index (κ2) is 6.50. The number of nitrogens with zero attached hydrogens (tertiary/aromatic N) is 3. The summed E-state index contributed by atoms with van der Waals surface area (Å²) in [6, 6.07) is 17.8. The number of rotatable bonds is 2. The highest BCUT2D eigenvalue weighted by molar-refractivity contribution is 6.05. The van der Waals surface area contributed by atoms with Crippen LogP contribution in [-0.2, 0) is 0 Å². The molecule has 3 heterocycles. The van der Waals surface area contributed by atoms with Gasteiger partial charge in [-0.15, -0.1) is 0 Å². The predicted octanol–water partition coefficient (Wildman–Crippen LogP) is 4.13. The molecular formula is C22H20N4O. The van der Waals surface area contributed by atoms with Gasteiger partial charge in [0.05, 0.1) is 22.1 Å². The van der Waals surface area contributed by atoms with Gasteiger partial charge in [-0.2, -0.15) is 0 Å². The van der Waals surface area contributed by atoms with Crippen molar-refractivity contribution >= 4 is 27.8 Å². The van der Waals surface area contributed by atoms with Gasteiger partial charge in [0.1, 0.15) is 5.82 Å². The Balaban J connectivity index is 1.34. The van der Waals surface area contributed by atoms with Gasteiger partial charge < -0.3 is 9.88 Å². The van der Waals surface area contributed by atoms with E-state index in [1.807, 2.05) is 53.4 Å². The molecule has 5 rings (SSSR count). The number of H-pyrrole nitrogens is 1. The molecule has 0 atom stereocenters. The summed E-state index contributed by atoms with van der Waals surface area (Å²) in [4.78, 5) is 27.6. The van der Waals surface area contributed by atoms with Crippen LogP contribution in [-0.4, -0.2) is 38.8 Å². The molecule has 0 saturated carbocycles. The van der Waals surface area contributed by atoms with Gasteiger partial charge in [-0.1, -0.05) is 30.3 Å². The molecule has 1 aliphatic heterocycles. The number of para-hydroxylation sites is 3. The summed E-state index contributed by atoms with van der Waals surface area (Å²) in [6.45, 7) is 1.48. The van der Waals surface area contributed by atoms with E-state index in [1.165, 1.54) is 0 Å². The van der Waals surface area contributed by atoms with Gasteiger partial charge in [-0.25, -0.2) is 4.98 Å². The SMILES string of the molecule is O=C(c1cccc2cccnc12)N1CCC(c2nc3ccccc3[nH]2)CC1. The van der Waals surface area contributed by atoms with Gasteiger partial charge in [0.25, 0.3) is 5.91 Å². The fourth-order valence-electron chi connectivity index (χ4n) is 3.97. The highest BCUT2D eigenvalue weighted by atomic mass is 16.2. The number of pyridine rings is 1. The zero-order chi connectivity index (χ0) is 18.2. The summed E-state index contributed by atoms with van der Waals surface area (Å²) < 4.78 is 0. The van der Waals surface area contributed by atoms with E-state index in [1.54, 1.807) is 6.20 Å². The first-order valence-corrected chi connectivity index (χ1v) is 9.37. The van der Waals surface area contributed by atoms with Crippen molar-refractivity contribution in [3.63, 3.8) is 0 Å². The fraction of sp³-hybridized carbons (Fsp3) is 0.227. The number of amides is 1. The minimum absolute atomic E-state index is 0.0716. The molecule has 1 saturated heterocycles. The molecule has 4 aromatic rings. The fourth-order valence-corrected chi connectivity index (χ4v) is 3.97. The molecule has 5 heteroatoms. The van der Waals surface area contributed by atoms with Crippen LogP contribution in [0.2, 0.25) is 0 Å². The Morgan fingerprint density at radius 2 is 1.81 bits per heavy atom. The quantitative estimate of drug-likeness (QED) is 0.587. The van der Waals surface area contributed by atoms with Crippen molar-refractivity contribution in [2.45, 2.75) is 18.8 Å². The van der Waals surface area contributed by atoms with E-state index >= 15 is 0 Å². The molecule has 0 unspecified atom stereocenters. The Kier molecular flexibility index (Phi) is 3.85. The number of fused-ring (bicyclic) bond motifs is 2. The minimum atomic E-state index is 0.0716. The van der Waals surface area contributed by atoms with E-state index in [-0.39, 0.29) is 5.91 Å². The number of aromatic amines is 1. The minimum Gasteiger partial charge on any atom is -0.342 e. The molecule has 0 aliphatic carbocycles. The molecule has 0 spiro atoms. The van der Waals surface area contributed by atoms with Crippen molar-refractivity contribution in [1.29, 1.82) is 0 Å². The van der Waals surface area contributed by atoms with Crippen LogP contribution in [0.1, 0.15) is 34.9 Å². The Hall–Kier alpha value is -3.21. The highest BCUT2D eigenvalue weighted by Gasteiger charge is 2.27. The maximum Gasteiger partial charge on any atom is 0.256 e. The zero-order valence-electron chi connectivity index (χ0n) is 14.9. The summed E-state index contributed by atoms with van der Waals surface area (Å²) in [5.41, 5.74) is 3.56. The highest BCUT2D eigenvalue weighted by Crippen LogP contribution is 2.29. The third kappa shape index (κ3) is 2.85. The lowest BCUT2D eigenvalue weighted by atomic mass is 9.95. The van der Waals surface area contributed by atoms with Crippen LogP contribution in [0.5, 0.6) is 0 Å². The predicted molar refractivity (Wildman–Crippen MR) is 106 cm³/mol. The number of piperidine rings is 1. The van der Waals surface area contributed by atoms with Crippen LogP contribution in [0, 0.1) is 0 Å². The van der Waals surface area contributed by atoms with Crippen molar-refractivity contribution in [3.8, 4) is 0 Å². The molecule has 134 valence electrons. The van der Waals surface area contributed by atoms with Crippen molar-refractivity contribution in [2.75, 3.05) is 13.1 Å². The van der Waals surface area contributed by atoms with Crippen LogP contribution >= 0.6 is 0 Å². The lowest BCUT2D eigenvalue weighted by Gasteiger charge is -2.31. The van der Waals surface area contributed by atoms with E-state index in [2.05, 4.69) is 16.0 Å². The number of aromatic nitrogens is 3. The van der Waals surface area contributed by atoms with Crippen LogP contribution in [0.25, 0.3) is 21.9 Å². The van der Waals surface area contributed by atoms with Gasteiger partial charge in [-0.3, -0.25) is 9.78 Å². The number of nitrogens with one attached hydrogen (secondary N) is 1. The Morgan fingerprint density at radius 1 is 1.00 bits per heavy atom. The van der Waals surface area contributed by atoms with Gasteiger partial charge >= 0.3 is 0 Å². The lowest BCUT2D eigenvalue weighted by molar-refractivity contribution is 0.0713. The van der Waals surface area contributed by atoms with Crippen molar-refractivity contribution in [1.82, 2.24) is 19.9 Å². The molecule has 1 fully saturated rings. The molecule has 1 aliphatic rings. The average molecular weight is 356 g/mol. The third-order valence-corrected chi connectivity index (χ3v) is 5.44. The smallest absolute Gasteiger partial charge is 0.256 e. The van der Waals surface area contributed by atoms with Crippen molar-refractivity contribution < 1.29 is 4.79 Å². The second-order valence-corrected chi connectivity index (χ2v) is 7.09. The second-order valence-electron chi connectivity index (χ2n) is 7.09. The molecule has 0 bridgehead atoms. The number of carbonyl (C=O) groups excluding carboxylic acids is 1. The Bertz CT molecular complexity index is 1090. The van der Waals surface area contributed by atoms with Gasteiger partial charge in [0.2, 0.25) is 0 Å². The van der Waals surface area contributed by atoms with Gasteiger partial charge in [-0.05, 0) is 37.1 Å². The standard InChI is InChI=1S/C22H20N4O/c27-22(17-7-3-5-15-6-4-12-23-20(15)17)26-13-10-16(11-14-26)21-24-18-8-1-2-9-19(18)25-21/h1-9,12,16H,10-11,13-14H2,(H,24,25). The van der Waals surface area contributed by atoms with E-state index in [4.69, 9.17) is 4.98 Å². The topological polar surface area (TPSA) is 61.9 Å². The third-order valence-electron chi connectivity index (χ3n) is 5.44. The summed E-state index contributed by atoms with van der Waals surface area (Å²) >= 11 is 0. The van der Waals surface area contributed by atoms with Gasteiger partial charge in [0, 0.05) is 30.6 Å². The average Bonchev–Trinajstić information content (AvgIpc) is 3.17. The number of likely N-dealkylation sites (tertiary alicyclic amines) is 1. The molecule has 0 radical (unpaired) electrons. The molecule has 1 amide bonds. The normalized spacial score (nSPS) is 15.5. The van der Waals surface area contributed by atoms with Crippen LogP contribution in [0.4, 0.5) is 0 Å². The molecule has 27 heavy (non-hydrogen) atoms. The summed E-state index contributed by atoms with van der Waals surface area (Å²) in [5, 5.41) is 1.00. The van der Waals surface area contributed by atoms with Crippen molar-refractivity contribution in [2.24, 2.45) is 0 Å².